The molecule has 0 bridgehead atoms. The van der Waals surface area contributed by atoms with E-state index in [1.54, 1.807) is 0 Å². The SMILES string of the molecule is C=C(C)CCOC1(C)CCCNC1. The molecule has 1 heterocycles. The maximum Gasteiger partial charge on any atom is 0.0778 e. The summed E-state index contributed by atoms with van der Waals surface area (Å²) in [6.45, 7) is 11.0. The van der Waals surface area contributed by atoms with Crippen molar-refractivity contribution in [2.45, 2.75) is 38.7 Å². The summed E-state index contributed by atoms with van der Waals surface area (Å²) in [6.07, 6.45) is 3.38. The molecule has 1 unspecified atom stereocenters. The molecule has 1 rings (SSSR count). The molecule has 13 heavy (non-hydrogen) atoms. The number of piperidine rings is 1. The first-order chi connectivity index (χ1) is 6.12. The number of nitrogens with one attached hydrogen (secondary N) is 1. The molecule has 1 aliphatic heterocycles. The lowest BCUT2D eigenvalue weighted by Gasteiger charge is -2.34. The average molecular weight is 183 g/mol. The smallest absolute Gasteiger partial charge is 0.0778 e. The summed E-state index contributed by atoms with van der Waals surface area (Å²) in [7, 11) is 0. The molecule has 0 radical (unpaired) electrons. The zero-order valence-corrected chi connectivity index (χ0v) is 8.86. The Labute approximate surface area is 81.4 Å². The lowest BCUT2D eigenvalue weighted by Crippen LogP contribution is -2.45. The average Bonchev–Trinajstić information content (AvgIpc) is 2.04. The van der Waals surface area contributed by atoms with Crippen molar-refractivity contribution in [3.63, 3.8) is 0 Å². The molecule has 1 aliphatic rings. The summed E-state index contributed by atoms with van der Waals surface area (Å²) in [5, 5.41) is 3.37. The highest BCUT2D eigenvalue weighted by atomic mass is 16.5. The second-order valence-electron chi connectivity index (χ2n) is 4.29. The zero-order chi connectivity index (χ0) is 9.73. The van der Waals surface area contributed by atoms with Crippen molar-refractivity contribution in [2.24, 2.45) is 0 Å². The standard InChI is InChI=1S/C11H21NO/c1-10(2)5-8-13-11(3)6-4-7-12-9-11/h12H,1,4-9H2,2-3H3. The van der Waals surface area contributed by atoms with E-state index in [9.17, 15) is 0 Å². The fourth-order valence-electron chi connectivity index (χ4n) is 1.62. The van der Waals surface area contributed by atoms with Gasteiger partial charge in [0.05, 0.1) is 12.2 Å². The molecule has 0 spiro atoms. The van der Waals surface area contributed by atoms with Gasteiger partial charge in [-0.2, -0.15) is 0 Å². The lowest BCUT2D eigenvalue weighted by atomic mass is 9.96. The van der Waals surface area contributed by atoms with Crippen LogP contribution in [0.4, 0.5) is 0 Å². The maximum absolute atomic E-state index is 5.86. The highest BCUT2D eigenvalue weighted by Gasteiger charge is 2.26. The molecule has 0 aromatic rings. The molecule has 1 fully saturated rings. The summed E-state index contributed by atoms with van der Waals surface area (Å²) < 4.78 is 5.86. The molecule has 0 aliphatic carbocycles. The number of hydrogen-bond donors (Lipinski definition) is 1. The number of rotatable bonds is 4. The fraction of sp³-hybridized carbons (Fsp3) is 0.818. The molecular weight excluding hydrogens is 162 g/mol. The predicted molar refractivity (Wildman–Crippen MR) is 55.9 cm³/mol. The van der Waals surface area contributed by atoms with E-state index in [2.05, 4.69) is 18.8 Å². The van der Waals surface area contributed by atoms with E-state index < -0.39 is 0 Å². The second-order valence-corrected chi connectivity index (χ2v) is 4.29. The molecule has 76 valence electrons. The molecule has 1 N–H and O–H groups in total. The first kappa shape index (κ1) is 10.7. The molecule has 0 saturated carbocycles. The predicted octanol–water partition coefficient (Wildman–Crippen LogP) is 2.11. The van der Waals surface area contributed by atoms with Gasteiger partial charge < -0.3 is 10.1 Å². The summed E-state index contributed by atoms with van der Waals surface area (Å²) in [5.74, 6) is 0. The van der Waals surface area contributed by atoms with Crippen LogP contribution in [0.5, 0.6) is 0 Å². The van der Waals surface area contributed by atoms with Gasteiger partial charge in [-0.3, -0.25) is 0 Å². The van der Waals surface area contributed by atoms with Gasteiger partial charge in [0, 0.05) is 6.54 Å². The normalized spacial score (nSPS) is 28.8. The second kappa shape index (κ2) is 4.77. The Morgan fingerprint density at radius 2 is 2.38 bits per heavy atom. The molecule has 0 aromatic heterocycles. The van der Waals surface area contributed by atoms with Crippen LogP contribution in [0, 0.1) is 0 Å². The van der Waals surface area contributed by atoms with Gasteiger partial charge in [-0.15, -0.1) is 6.58 Å². The Kier molecular flexibility index (Phi) is 3.94. The number of hydrogen-bond acceptors (Lipinski definition) is 2. The number of ether oxygens (including phenoxy) is 1. The van der Waals surface area contributed by atoms with Gasteiger partial charge >= 0.3 is 0 Å². The molecule has 2 heteroatoms. The van der Waals surface area contributed by atoms with Crippen molar-refractivity contribution in [2.75, 3.05) is 19.7 Å². The fourth-order valence-corrected chi connectivity index (χ4v) is 1.62. The zero-order valence-electron chi connectivity index (χ0n) is 8.86. The van der Waals surface area contributed by atoms with Crippen LogP contribution >= 0.6 is 0 Å². The van der Waals surface area contributed by atoms with Crippen LogP contribution in [0.3, 0.4) is 0 Å². The van der Waals surface area contributed by atoms with E-state index in [1.807, 2.05) is 6.92 Å². The Bertz CT molecular complexity index is 171. The monoisotopic (exact) mass is 183 g/mol. The van der Waals surface area contributed by atoms with E-state index in [4.69, 9.17) is 4.74 Å². The molecule has 2 nitrogen and oxygen atoms in total. The lowest BCUT2D eigenvalue weighted by molar-refractivity contribution is -0.0449. The van der Waals surface area contributed by atoms with Gasteiger partial charge in [0.2, 0.25) is 0 Å². The van der Waals surface area contributed by atoms with Crippen molar-refractivity contribution in [1.29, 1.82) is 0 Å². The molecule has 0 amide bonds. The van der Waals surface area contributed by atoms with Crippen LogP contribution in [0.25, 0.3) is 0 Å². The first-order valence-corrected chi connectivity index (χ1v) is 5.11. The van der Waals surface area contributed by atoms with Crippen LogP contribution in [0.15, 0.2) is 12.2 Å². The third-order valence-electron chi connectivity index (χ3n) is 2.54. The van der Waals surface area contributed by atoms with Crippen molar-refractivity contribution in [3.05, 3.63) is 12.2 Å². The van der Waals surface area contributed by atoms with Gasteiger partial charge in [0.15, 0.2) is 0 Å². The van der Waals surface area contributed by atoms with Gasteiger partial charge in [0.25, 0.3) is 0 Å². The third-order valence-corrected chi connectivity index (χ3v) is 2.54. The van der Waals surface area contributed by atoms with Crippen LogP contribution < -0.4 is 5.32 Å². The van der Waals surface area contributed by atoms with E-state index in [0.717, 1.165) is 26.1 Å². The van der Waals surface area contributed by atoms with Gasteiger partial charge in [-0.25, -0.2) is 0 Å². The van der Waals surface area contributed by atoms with Crippen molar-refractivity contribution in [1.82, 2.24) is 5.32 Å². The quantitative estimate of drug-likeness (QED) is 0.674. The maximum atomic E-state index is 5.86. The van der Waals surface area contributed by atoms with E-state index in [0.29, 0.717) is 0 Å². The highest BCUT2D eigenvalue weighted by molar-refractivity contribution is 4.88. The van der Waals surface area contributed by atoms with Gasteiger partial charge in [0.1, 0.15) is 0 Å². The highest BCUT2D eigenvalue weighted by Crippen LogP contribution is 2.20. The van der Waals surface area contributed by atoms with Crippen molar-refractivity contribution < 1.29 is 4.74 Å². The van der Waals surface area contributed by atoms with Crippen molar-refractivity contribution in [3.8, 4) is 0 Å². The molecule has 1 saturated heterocycles. The molecule has 1 atom stereocenters. The van der Waals surface area contributed by atoms with E-state index in [1.165, 1.54) is 18.4 Å². The Morgan fingerprint density at radius 3 is 2.92 bits per heavy atom. The Balaban J connectivity index is 2.21. The van der Waals surface area contributed by atoms with Crippen LogP contribution in [0.2, 0.25) is 0 Å². The molecular formula is C11H21NO. The minimum Gasteiger partial charge on any atom is -0.374 e. The minimum absolute atomic E-state index is 0.0632. The van der Waals surface area contributed by atoms with Crippen molar-refractivity contribution >= 4 is 0 Å². The summed E-state index contributed by atoms with van der Waals surface area (Å²) in [5.41, 5.74) is 1.26. The van der Waals surface area contributed by atoms with Crippen LogP contribution in [0.1, 0.15) is 33.1 Å². The summed E-state index contributed by atoms with van der Waals surface area (Å²) in [6, 6.07) is 0. The first-order valence-electron chi connectivity index (χ1n) is 5.11. The summed E-state index contributed by atoms with van der Waals surface area (Å²) >= 11 is 0. The molecule has 0 aromatic carbocycles. The Morgan fingerprint density at radius 1 is 1.62 bits per heavy atom. The summed E-state index contributed by atoms with van der Waals surface area (Å²) in [4.78, 5) is 0. The third kappa shape index (κ3) is 3.92. The largest absolute Gasteiger partial charge is 0.374 e. The van der Waals surface area contributed by atoms with Gasteiger partial charge in [-0.05, 0) is 39.7 Å². The van der Waals surface area contributed by atoms with Gasteiger partial charge in [-0.1, -0.05) is 5.57 Å². The topological polar surface area (TPSA) is 21.3 Å². The van der Waals surface area contributed by atoms with E-state index >= 15 is 0 Å². The minimum atomic E-state index is 0.0632. The van der Waals surface area contributed by atoms with Crippen LogP contribution in [-0.4, -0.2) is 25.3 Å². The van der Waals surface area contributed by atoms with Crippen LogP contribution in [-0.2, 0) is 4.74 Å². The Hall–Kier alpha value is -0.340. The van der Waals surface area contributed by atoms with E-state index in [-0.39, 0.29) is 5.60 Å².